The molecule has 1 aromatic rings. The summed E-state index contributed by atoms with van der Waals surface area (Å²) >= 11 is 0. The number of rotatable bonds is 2. The van der Waals surface area contributed by atoms with Gasteiger partial charge in [0.05, 0.1) is 5.69 Å². The number of aliphatic imine (C=N–C) groups is 1. The molecule has 0 unspecified atom stereocenters. The molecule has 0 fully saturated rings. The minimum atomic E-state index is 0.0927. The van der Waals surface area contributed by atoms with Crippen LogP contribution in [0.3, 0.4) is 0 Å². The molecule has 0 aromatic heterocycles. The van der Waals surface area contributed by atoms with Gasteiger partial charge in [-0.15, -0.1) is 0 Å². The summed E-state index contributed by atoms with van der Waals surface area (Å²) in [5.74, 6) is 0.0927. The molecule has 0 aliphatic heterocycles. The number of hydrogen-bond acceptors (Lipinski definition) is 2. The Morgan fingerprint density at radius 3 is 2.62 bits per heavy atom. The maximum Gasteiger partial charge on any atom is 0.159 e. The third kappa shape index (κ3) is 2.25. The summed E-state index contributed by atoms with van der Waals surface area (Å²) in [6.45, 7) is 5.39. The van der Waals surface area contributed by atoms with Crippen LogP contribution < -0.4 is 0 Å². The van der Waals surface area contributed by atoms with Crippen LogP contribution in [0.25, 0.3) is 0 Å². The highest BCUT2D eigenvalue weighted by Gasteiger charge is 2.01. The number of ketones is 1. The van der Waals surface area contributed by atoms with Crippen molar-refractivity contribution in [2.75, 3.05) is 0 Å². The summed E-state index contributed by atoms with van der Waals surface area (Å²) in [6.07, 6.45) is 1.75. The molecule has 0 amide bonds. The van der Waals surface area contributed by atoms with Crippen LogP contribution in [0.4, 0.5) is 5.69 Å². The maximum atomic E-state index is 11.0. The van der Waals surface area contributed by atoms with E-state index in [0.717, 1.165) is 16.8 Å². The third-order valence-corrected chi connectivity index (χ3v) is 1.87. The molecule has 0 heterocycles. The summed E-state index contributed by atoms with van der Waals surface area (Å²) in [5, 5.41) is 0. The quantitative estimate of drug-likeness (QED) is 0.502. The predicted molar refractivity (Wildman–Crippen MR) is 55.0 cm³/mol. The molecule has 0 aliphatic carbocycles. The molecule has 0 bridgehead atoms. The minimum Gasteiger partial charge on any atom is -0.295 e. The van der Waals surface area contributed by atoms with Crippen LogP contribution >= 0.6 is 0 Å². The number of carbonyl (C=O) groups is 1. The van der Waals surface area contributed by atoms with Gasteiger partial charge in [0.15, 0.2) is 5.78 Å². The van der Waals surface area contributed by atoms with Crippen LogP contribution in [-0.2, 0) is 0 Å². The highest BCUT2D eigenvalue weighted by Crippen LogP contribution is 2.19. The van der Waals surface area contributed by atoms with E-state index in [2.05, 4.69) is 4.99 Å². The molecule has 2 nitrogen and oxygen atoms in total. The first-order valence-electron chi connectivity index (χ1n) is 4.25. The van der Waals surface area contributed by atoms with Gasteiger partial charge in [-0.2, -0.15) is 0 Å². The van der Waals surface area contributed by atoms with E-state index >= 15 is 0 Å². The first-order valence-corrected chi connectivity index (χ1v) is 4.25. The van der Waals surface area contributed by atoms with Crippen LogP contribution in [0.15, 0.2) is 23.2 Å². The molecule has 0 radical (unpaired) electrons. The molecule has 0 atom stereocenters. The molecule has 0 N–H and O–H groups in total. The Morgan fingerprint density at radius 1 is 1.46 bits per heavy atom. The van der Waals surface area contributed by atoms with Gasteiger partial charge in [0.2, 0.25) is 0 Å². The summed E-state index contributed by atoms with van der Waals surface area (Å²) < 4.78 is 0. The van der Waals surface area contributed by atoms with Gasteiger partial charge in [-0.1, -0.05) is 0 Å². The molecule has 0 spiro atoms. The molecular formula is C11H13NO. The van der Waals surface area contributed by atoms with Gasteiger partial charge < -0.3 is 0 Å². The fourth-order valence-electron chi connectivity index (χ4n) is 1.16. The second-order valence-corrected chi connectivity index (χ2v) is 2.94. The lowest BCUT2D eigenvalue weighted by Gasteiger charge is -2.01. The fourth-order valence-corrected chi connectivity index (χ4v) is 1.16. The number of benzene rings is 1. The van der Waals surface area contributed by atoms with Crippen molar-refractivity contribution in [1.82, 2.24) is 0 Å². The van der Waals surface area contributed by atoms with Gasteiger partial charge in [0, 0.05) is 11.8 Å². The van der Waals surface area contributed by atoms with Crippen LogP contribution in [0.5, 0.6) is 0 Å². The van der Waals surface area contributed by atoms with Gasteiger partial charge in [0.25, 0.3) is 0 Å². The Hall–Kier alpha value is -1.44. The van der Waals surface area contributed by atoms with E-state index in [1.54, 1.807) is 19.2 Å². The van der Waals surface area contributed by atoms with E-state index in [1.807, 2.05) is 26.0 Å². The minimum absolute atomic E-state index is 0.0927. The van der Waals surface area contributed by atoms with E-state index in [0.29, 0.717) is 0 Å². The Balaban J connectivity index is 3.12. The first-order chi connectivity index (χ1) is 6.15. The number of carbonyl (C=O) groups excluding carboxylic acids is 1. The number of aryl methyl sites for hydroxylation is 1. The van der Waals surface area contributed by atoms with Crippen molar-refractivity contribution in [2.24, 2.45) is 4.99 Å². The SMILES string of the molecule is CC=Nc1ccc(C(C)=O)cc1C. The normalized spacial score (nSPS) is 10.7. The van der Waals surface area contributed by atoms with Crippen molar-refractivity contribution in [3.05, 3.63) is 29.3 Å². The molecule has 1 aromatic carbocycles. The topological polar surface area (TPSA) is 29.4 Å². The van der Waals surface area contributed by atoms with E-state index in [9.17, 15) is 4.79 Å². The lowest BCUT2D eigenvalue weighted by atomic mass is 10.1. The average Bonchev–Trinajstić information content (AvgIpc) is 2.08. The van der Waals surface area contributed by atoms with Gasteiger partial charge >= 0.3 is 0 Å². The molecule has 0 saturated heterocycles. The third-order valence-electron chi connectivity index (χ3n) is 1.87. The maximum absolute atomic E-state index is 11.0. The van der Waals surface area contributed by atoms with Crippen molar-refractivity contribution < 1.29 is 4.79 Å². The van der Waals surface area contributed by atoms with Crippen LogP contribution in [0, 0.1) is 6.92 Å². The summed E-state index contributed by atoms with van der Waals surface area (Å²) in [4.78, 5) is 15.2. The Kier molecular flexibility index (Phi) is 2.96. The van der Waals surface area contributed by atoms with Crippen molar-refractivity contribution in [3.63, 3.8) is 0 Å². The molecule has 1 rings (SSSR count). The second kappa shape index (κ2) is 3.99. The molecule has 13 heavy (non-hydrogen) atoms. The molecule has 0 saturated carbocycles. The van der Waals surface area contributed by atoms with E-state index in [4.69, 9.17) is 0 Å². The number of nitrogens with zero attached hydrogens (tertiary/aromatic N) is 1. The van der Waals surface area contributed by atoms with E-state index in [-0.39, 0.29) is 5.78 Å². The van der Waals surface area contributed by atoms with E-state index in [1.165, 1.54) is 0 Å². The van der Waals surface area contributed by atoms with Crippen LogP contribution in [0.1, 0.15) is 29.8 Å². The van der Waals surface area contributed by atoms with E-state index < -0.39 is 0 Å². The Bertz CT molecular complexity index is 353. The Labute approximate surface area is 78.3 Å². The second-order valence-electron chi connectivity index (χ2n) is 2.94. The zero-order valence-corrected chi connectivity index (χ0v) is 8.16. The number of Topliss-reactive ketones (excluding diaryl/α,β-unsaturated/α-hetero) is 1. The summed E-state index contributed by atoms with van der Waals surface area (Å²) in [5.41, 5.74) is 2.70. The molecular weight excluding hydrogens is 162 g/mol. The smallest absolute Gasteiger partial charge is 0.159 e. The van der Waals surface area contributed by atoms with Crippen LogP contribution in [-0.4, -0.2) is 12.0 Å². The van der Waals surface area contributed by atoms with Crippen LogP contribution in [0.2, 0.25) is 0 Å². The van der Waals surface area contributed by atoms with Gasteiger partial charge in [-0.05, 0) is 44.5 Å². The van der Waals surface area contributed by atoms with Crippen molar-refractivity contribution in [2.45, 2.75) is 20.8 Å². The van der Waals surface area contributed by atoms with Gasteiger partial charge in [0.1, 0.15) is 0 Å². The largest absolute Gasteiger partial charge is 0.295 e. The van der Waals surface area contributed by atoms with Crippen molar-refractivity contribution in [3.8, 4) is 0 Å². The predicted octanol–water partition coefficient (Wildman–Crippen LogP) is 2.92. The molecule has 68 valence electrons. The summed E-state index contributed by atoms with van der Waals surface area (Å²) in [6, 6.07) is 5.54. The lowest BCUT2D eigenvalue weighted by Crippen LogP contribution is -1.91. The standard InChI is InChI=1S/C11H13NO/c1-4-12-11-6-5-10(9(3)13)7-8(11)2/h4-7H,1-3H3. The fraction of sp³-hybridized carbons (Fsp3) is 0.273. The van der Waals surface area contributed by atoms with Crippen molar-refractivity contribution in [1.29, 1.82) is 0 Å². The zero-order valence-electron chi connectivity index (χ0n) is 8.16. The highest BCUT2D eigenvalue weighted by molar-refractivity contribution is 5.94. The number of hydrogen-bond donors (Lipinski definition) is 0. The molecule has 2 heteroatoms. The zero-order chi connectivity index (χ0) is 9.84. The first kappa shape index (κ1) is 9.65. The van der Waals surface area contributed by atoms with Crippen molar-refractivity contribution >= 4 is 17.7 Å². The van der Waals surface area contributed by atoms with Gasteiger partial charge in [-0.3, -0.25) is 9.79 Å². The lowest BCUT2D eigenvalue weighted by molar-refractivity contribution is 0.101. The highest BCUT2D eigenvalue weighted by atomic mass is 16.1. The molecule has 0 aliphatic rings. The monoisotopic (exact) mass is 175 g/mol. The Morgan fingerprint density at radius 2 is 2.15 bits per heavy atom. The average molecular weight is 175 g/mol. The summed E-state index contributed by atoms with van der Waals surface area (Å²) in [7, 11) is 0. The van der Waals surface area contributed by atoms with Gasteiger partial charge in [-0.25, -0.2) is 0 Å².